The molecule has 16 heavy (non-hydrogen) atoms. The second-order valence-corrected chi connectivity index (χ2v) is 4.74. The highest BCUT2D eigenvalue weighted by molar-refractivity contribution is 6.30. The monoisotopic (exact) mass is 242 g/mol. The van der Waals surface area contributed by atoms with Crippen molar-refractivity contribution in [1.29, 1.82) is 0 Å². The SMILES string of the molecule is NCC1(c2cccc(Cl)c2F)CCNCC1. The topological polar surface area (TPSA) is 38.0 Å². The summed E-state index contributed by atoms with van der Waals surface area (Å²) in [6.07, 6.45) is 1.72. The number of rotatable bonds is 2. The van der Waals surface area contributed by atoms with Gasteiger partial charge in [0.1, 0.15) is 5.82 Å². The molecule has 88 valence electrons. The summed E-state index contributed by atoms with van der Waals surface area (Å²) in [6, 6.07) is 5.17. The summed E-state index contributed by atoms with van der Waals surface area (Å²) >= 11 is 5.82. The zero-order valence-corrected chi connectivity index (χ0v) is 9.86. The molecule has 0 atom stereocenters. The van der Waals surface area contributed by atoms with Crippen LogP contribution in [-0.4, -0.2) is 19.6 Å². The molecule has 0 saturated carbocycles. The Balaban J connectivity index is 2.43. The van der Waals surface area contributed by atoms with Crippen molar-refractivity contribution >= 4 is 11.6 Å². The third-order valence-corrected chi connectivity index (χ3v) is 3.77. The third kappa shape index (κ3) is 1.95. The van der Waals surface area contributed by atoms with Crippen molar-refractivity contribution in [1.82, 2.24) is 5.32 Å². The summed E-state index contributed by atoms with van der Waals surface area (Å²) < 4.78 is 14.0. The van der Waals surface area contributed by atoms with Gasteiger partial charge in [0.15, 0.2) is 0 Å². The number of nitrogens with one attached hydrogen (secondary N) is 1. The first-order valence-corrected chi connectivity index (χ1v) is 5.93. The molecule has 3 N–H and O–H groups in total. The molecule has 0 unspecified atom stereocenters. The van der Waals surface area contributed by atoms with Crippen molar-refractivity contribution in [3.05, 3.63) is 34.6 Å². The van der Waals surface area contributed by atoms with E-state index in [9.17, 15) is 4.39 Å². The number of piperidine rings is 1. The fourth-order valence-electron chi connectivity index (χ4n) is 2.40. The molecule has 0 amide bonds. The minimum Gasteiger partial charge on any atom is -0.330 e. The fraction of sp³-hybridized carbons (Fsp3) is 0.500. The molecule has 1 aromatic carbocycles. The van der Waals surface area contributed by atoms with E-state index in [0.29, 0.717) is 12.1 Å². The highest BCUT2D eigenvalue weighted by atomic mass is 35.5. The molecule has 1 aliphatic rings. The highest BCUT2D eigenvalue weighted by Crippen LogP contribution is 2.35. The first kappa shape index (κ1) is 11.8. The van der Waals surface area contributed by atoms with Crippen molar-refractivity contribution in [2.24, 2.45) is 5.73 Å². The number of halogens is 2. The molecule has 1 heterocycles. The van der Waals surface area contributed by atoms with E-state index in [1.807, 2.05) is 0 Å². The van der Waals surface area contributed by atoms with Gasteiger partial charge in [0.05, 0.1) is 5.02 Å². The molecule has 0 aromatic heterocycles. The van der Waals surface area contributed by atoms with Crippen LogP contribution in [-0.2, 0) is 5.41 Å². The van der Waals surface area contributed by atoms with Gasteiger partial charge >= 0.3 is 0 Å². The minimum absolute atomic E-state index is 0.184. The lowest BCUT2D eigenvalue weighted by atomic mass is 9.73. The molecule has 4 heteroatoms. The van der Waals surface area contributed by atoms with Gasteiger partial charge in [-0.2, -0.15) is 0 Å². The van der Waals surface area contributed by atoms with E-state index < -0.39 is 0 Å². The smallest absolute Gasteiger partial charge is 0.145 e. The van der Waals surface area contributed by atoms with Gasteiger partial charge in [-0.05, 0) is 37.6 Å². The van der Waals surface area contributed by atoms with Crippen molar-refractivity contribution < 1.29 is 4.39 Å². The van der Waals surface area contributed by atoms with E-state index in [-0.39, 0.29) is 16.3 Å². The van der Waals surface area contributed by atoms with Crippen LogP contribution in [0.1, 0.15) is 18.4 Å². The third-order valence-electron chi connectivity index (χ3n) is 3.47. The van der Waals surface area contributed by atoms with Gasteiger partial charge in [-0.25, -0.2) is 4.39 Å². The molecular formula is C12H16ClFN2. The summed E-state index contributed by atoms with van der Waals surface area (Å²) in [7, 11) is 0. The first-order valence-electron chi connectivity index (χ1n) is 5.55. The van der Waals surface area contributed by atoms with E-state index >= 15 is 0 Å². The Kier molecular flexibility index (Phi) is 3.47. The molecule has 0 radical (unpaired) electrons. The van der Waals surface area contributed by atoms with Crippen LogP contribution in [0.15, 0.2) is 18.2 Å². The Labute approximate surface area is 100.0 Å². The number of hydrogen-bond acceptors (Lipinski definition) is 2. The van der Waals surface area contributed by atoms with Crippen LogP contribution >= 0.6 is 11.6 Å². The lowest BCUT2D eigenvalue weighted by molar-refractivity contribution is 0.306. The second kappa shape index (κ2) is 4.70. The molecule has 0 spiro atoms. The number of hydrogen-bond donors (Lipinski definition) is 2. The number of benzene rings is 1. The van der Waals surface area contributed by atoms with Gasteiger partial charge in [-0.3, -0.25) is 0 Å². The molecule has 1 aromatic rings. The molecule has 0 bridgehead atoms. The van der Waals surface area contributed by atoms with Crippen LogP contribution in [0.5, 0.6) is 0 Å². The zero-order valence-electron chi connectivity index (χ0n) is 9.10. The predicted molar refractivity (Wildman–Crippen MR) is 64.2 cm³/mol. The summed E-state index contributed by atoms with van der Waals surface area (Å²) in [5.41, 5.74) is 6.27. The Morgan fingerprint density at radius 1 is 1.38 bits per heavy atom. The van der Waals surface area contributed by atoms with E-state index in [1.54, 1.807) is 18.2 Å². The van der Waals surface area contributed by atoms with E-state index in [4.69, 9.17) is 17.3 Å². The largest absolute Gasteiger partial charge is 0.330 e. The Bertz CT molecular complexity index is 375. The maximum Gasteiger partial charge on any atom is 0.145 e. The maximum atomic E-state index is 14.0. The lowest BCUT2D eigenvalue weighted by Gasteiger charge is -2.37. The molecule has 2 nitrogen and oxygen atoms in total. The van der Waals surface area contributed by atoms with Crippen LogP contribution in [0.3, 0.4) is 0 Å². The quantitative estimate of drug-likeness (QED) is 0.833. The van der Waals surface area contributed by atoms with E-state index in [0.717, 1.165) is 25.9 Å². The molecular weight excluding hydrogens is 227 g/mol. The van der Waals surface area contributed by atoms with Crippen molar-refractivity contribution in [2.75, 3.05) is 19.6 Å². The summed E-state index contributed by atoms with van der Waals surface area (Å²) in [4.78, 5) is 0. The summed E-state index contributed by atoms with van der Waals surface area (Å²) in [5, 5.41) is 3.45. The second-order valence-electron chi connectivity index (χ2n) is 4.34. The standard InChI is InChI=1S/C12H16ClFN2/c13-10-3-1-2-9(11(10)14)12(8-15)4-6-16-7-5-12/h1-3,16H,4-8,15H2. The lowest BCUT2D eigenvalue weighted by Crippen LogP contribution is -2.45. The van der Waals surface area contributed by atoms with Gasteiger partial charge in [0.25, 0.3) is 0 Å². The molecule has 0 aliphatic carbocycles. The molecule has 2 rings (SSSR count). The van der Waals surface area contributed by atoms with Crippen molar-refractivity contribution in [2.45, 2.75) is 18.3 Å². The van der Waals surface area contributed by atoms with Crippen molar-refractivity contribution in [3.63, 3.8) is 0 Å². The summed E-state index contributed by atoms with van der Waals surface area (Å²) in [5.74, 6) is -0.309. The average molecular weight is 243 g/mol. The highest BCUT2D eigenvalue weighted by Gasteiger charge is 2.35. The van der Waals surface area contributed by atoms with Crippen LogP contribution < -0.4 is 11.1 Å². The van der Waals surface area contributed by atoms with Crippen molar-refractivity contribution in [3.8, 4) is 0 Å². The first-order chi connectivity index (χ1) is 7.69. The normalized spacial score (nSPS) is 19.7. The van der Waals surface area contributed by atoms with Gasteiger partial charge in [-0.1, -0.05) is 23.7 Å². The molecule has 1 saturated heterocycles. The maximum absolute atomic E-state index is 14.0. The van der Waals surface area contributed by atoms with Gasteiger partial charge in [0, 0.05) is 12.0 Å². The molecule has 1 aliphatic heterocycles. The van der Waals surface area contributed by atoms with Crippen LogP contribution in [0.2, 0.25) is 5.02 Å². The van der Waals surface area contributed by atoms with E-state index in [1.165, 1.54) is 0 Å². The Morgan fingerprint density at radius 2 is 2.06 bits per heavy atom. The van der Waals surface area contributed by atoms with Gasteiger partial charge < -0.3 is 11.1 Å². The fourth-order valence-corrected chi connectivity index (χ4v) is 2.58. The average Bonchev–Trinajstić information content (AvgIpc) is 2.33. The number of nitrogens with two attached hydrogens (primary N) is 1. The predicted octanol–water partition coefficient (Wildman–Crippen LogP) is 2.06. The van der Waals surface area contributed by atoms with Crippen LogP contribution in [0.25, 0.3) is 0 Å². The van der Waals surface area contributed by atoms with Gasteiger partial charge in [-0.15, -0.1) is 0 Å². The van der Waals surface area contributed by atoms with E-state index in [2.05, 4.69) is 5.32 Å². The molecule has 1 fully saturated rings. The Hall–Kier alpha value is -0.640. The summed E-state index contributed by atoms with van der Waals surface area (Å²) in [6.45, 7) is 2.22. The Morgan fingerprint density at radius 3 is 2.69 bits per heavy atom. The minimum atomic E-state index is -0.309. The van der Waals surface area contributed by atoms with Crippen LogP contribution in [0, 0.1) is 5.82 Å². The van der Waals surface area contributed by atoms with Gasteiger partial charge in [0.2, 0.25) is 0 Å². The van der Waals surface area contributed by atoms with Crippen LogP contribution in [0.4, 0.5) is 4.39 Å². The zero-order chi connectivity index (χ0) is 11.6.